The second-order valence-corrected chi connectivity index (χ2v) is 8.94. The quantitative estimate of drug-likeness (QED) is 0.617. The van der Waals surface area contributed by atoms with Crippen molar-refractivity contribution < 1.29 is 14.3 Å². The van der Waals surface area contributed by atoms with E-state index in [9.17, 15) is 9.59 Å². The van der Waals surface area contributed by atoms with E-state index in [1.165, 1.54) is 5.01 Å². The van der Waals surface area contributed by atoms with Gasteiger partial charge in [0.1, 0.15) is 6.54 Å². The van der Waals surface area contributed by atoms with Gasteiger partial charge < -0.3 is 9.64 Å². The normalized spacial score (nSPS) is 18.4. The molecule has 0 saturated heterocycles. The van der Waals surface area contributed by atoms with Crippen LogP contribution in [0.2, 0.25) is 5.02 Å². The van der Waals surface area contributed by atoms with Crippen molar-refractivity contribution >= 4 is 40.5 Å². The Morgan fingerprint density at radius 3 is 2.67 bits per heavy atom. The number of amides is 2. The fourth-order valence-corrected chi connectivity index (χ4v) is 4.42. The molecule has 2 amide bonds. The summed E-state index contributed by atoms with van der Waals surface area (Å²) in [5.74, 6) is -0.109. The van der Waals surface area contributed by atoms with Crippen LogP contribution in [0.1, 0.15) is 35.7 Å². The van der Waals surface area contributed by atoms with Crippen LogP contribution in [0.25, 0.3) is 0 Å². The first kappa shape index (κ1) is 21.0. The Balaban J connectivity index is 1.57. The van der Waals surface area contributed by atoms with Crippen molar-refractivity contribution in [2.75, 3.05) is 26.8 Å². The van der Waals surface area contributed by atoms with Crippen LogP contribution in [0, 0.1) is 5.92 Å². The molecule has 8 heteroatoms. The topological polar surface area (TPSA) is 62.2 Å². The molecule has 0 unspecified atom stereocenters. The summed E-state index contributed by atoms with van der Waals surface area (Å²) in [6.45, 7) is 0.804. The number of carbonyl (C=O) groups excluding carboxylic acids is 2. The summed E-state index contributed by atoms with van der Waals surface area (Å²) in [6.07, 6.45) is 2.42. The van der Waals surface area contributed by atoms with Gasteiger partial charge in [0.2, 0.25) is 5.91 Å². The van der Waals surface area contributed by atoms with E-state index in [2.05, 4.69) is 5.10 Å². The largest absolute Gasteiger partial charge is 0.383 e. The van der Waals surface area contributed by atoms with Crippen molar-refractivity contribution in [2.24, 2.45) is 11.0 Å². The van der Waals surface area contributed by atoms with Gasteiger partial charge in [0.05, 0.1) is 23.2 Å². The molecule has 0 radical (unpaired) electrons. The van der Waals surface area contributed by atoms with E-state index in [0.717, 1.165) is 29.0 Å². The van der Waals surface area contributed by atoms with Crippen LogP contribution in [0.5, 0.6) is 0 Å². The summed E-state index contributed by atoms with van der Waals surface area (Å²) in [7, 11) is 1.59. The first-order chi connectivity index (χ1) is 14.6. The van der Waals surface area contributed by atoms with Gasteiger partial charge in [-0.25, -0.2) is 5.01 Å². The van der Waals surface area contributed by atoms with E-state index in [-0.39, 0.29) is 30.3 Å². The average Bonchev–Trinajstić information content (AvgIpc) is 3.26. The maximum Gasteiger partial charge on any atom is 0.262 e. The SMILES string of the molecule is COCCN(CC(=O)N1N=C(c2cccs2)C[C@@H]1c1ccc(Cl)cc1)C(=O)C1CC1. The lowest BCUT2D eigenvalue weighted by Crippen LogP contribution is -2.43. The number of thiophene rings is 1. The lowest BCUT2D eigenvalue weighted by atomic mass is 10.0. The van der Waals surface area contributed by atoms with Crippen LogP contribution in [-0.4, -0.2) is 54.2 Å². The number of halogens is 1. The molecule has 2 aliphatic rings. The maximum absolute atomic E-state index is 13.3. The van der Waals surface area contributed by atoms with Gasteiger partial charge in [-0.3, -0.25) is 9.59 Å². The molecule has 1 aliphatic carbocycles. The summed E-state index contributed by atoms with van der Waals surface area (Å²) in [6, 6.07) is 11.3. The van der Waals surface area contributed by atoms with Gasteiger partial charge >= 0.3 is 0 Å². The molecule has 2 aromatic rings. The zero-order valence-corrected chi connectivity index (χ0v) is 18.4. The molecular formula is C22H24ClN3O3S. The predicted octanol–water partition coefficient (Wildman–Crippen LogP) is 3.96. The van der Waals surface area contributed by atoms with Crippen molar-refractivity contribution in [3.05, 3.63) is 57.2 Å². The van der Waals surface area contributed by atoms with Gasteiger partial charge in [0.15, 0.2) is 0 Å². The van der Waals surface area contributed by atoms with E-state index in [0.29, 0.717) is 24.6 Å². The first-order valence-corrected chi connectivity index (χ1v) is 11.3. The smallest absolute Gasteiger partial charge is 0.262 e. The van der Waals surface area contributed by atoms with Gasteiger partial charge in [0, 0.05) is 31.0 Å². The Morgan fingerprint density at radius 1 is 1.27 bits per heavy atom. The Bertz CT molecular complexity index is 926. The third-order valence-electron chi connectivity index (χ3n) is 5.36. The van der Waals surface area contributed by atoms with E-state index in [1.807, 2.05) is 41.8 Å². The highest BCUT2D eigenvalue weighted by atomic mass is 35.5. The summed E-state index contributed by atoms with van der Waals surface area (Å²) < 4.78 is 5.14. The summed E-state index contributed by atoms with van der Waals surface area (Å²) in [5, 5.41) is 8.86. The third kappa shape index (κ3) is 4.74. The molecule has 0 N–H and O–H groups in total. The number of hydrogen-bond donors (Lipinski definition) is 0. The highest BCUT2D eigenvalue weighted by Gasteiger charge is 2.37. The van der Waals surface area contributed by atoms with Crippen LogP contribution >= 0.6 is 22.9 Å². The molecule has 1 saturated carbocycles. The lowest BCUT2D eigenvalue weighted by molar-refractivity contribution is -0.142. The molecule has 1 aliphatic heterocycles. The van der Waals surface area contributed by atoms with Gasteiger partial charge in [0.25, 0.3) is 5.91 Å². The van der Waals surface area contributed by atoms with Crippen molar-refractivity contribution in [1.82, 2.24) is 9.91 Å². The second-order valence-electron chi connectivity index (χ2n) is 7.56. The summed E-state index contributed by atoms with van der Waals surface area (Å²) >= 11 is 7.66. The Labute approximate surface area is 185 Å². The number of carbonyl (C=O) groups is 2. The number of hydrogen-bond acceptors (Lipinski definition) is 5. The number of benzene rings is 1. The fourth-order valence-electron chi connectivity index (χ4n) is 3.57. The maximum atomic E-state index is 13.3. The van der Waals surface area contributed by atoms with Gasteiger partial charge in [-0.05, 0) is 42.0 Å². The molecular weight excluding hydrogens is 422 g/mol. The zero-order valence-electron chi connectivity index (χ0n) is 16.8. The molecule has 1 atom stereocenters. The van der Waals surface area contributed by atoms with Gasteiger partial charge in [-0.1, -0.05) is 29.8 Å². The van der Waals surface area contributed by atoms with E-state index >= 15 is 0 Å². The Hall–Kier alpha value is -2.22. The molecule has 1 fully saturated rings. The average molecular weight is 446 g/mol. The van der Waals surface area contributed by atoms with E-state index in [4.69, 9.17) is 16.3 Å². The van der Waals surface area contributed by atoms with Gasteiger partial charge in [-0.2, -0.15) is 5.10 Å². The molecule has 1 aromatic carbocycles. The molecule has 30 heavy (non-hydrogen) atoms. The summed E-state index contributed by atoms with van der Waals surface area (Å²) in [4.78, 5) is 28.6. The minimum atomic E-state index is -0.216. The molecule has 4 rings (SSSR count). The lowest BCUT2D eigenvalue weighted by Gasteiger charge is -2.27. The number of ether oxygens (including phenoxy) is 1. The monoisotopic (exact) mass is 445 g/mol. The van der Waals surface area contributed by atoms with E-state index < -0.39 is 0 Å². The highest BCUT2D eigenvalue weighted by Crippen LogP contribution is 2.35. The van der Waals surface area contributed by atoms with Crippen molar-refractivity contribution in [3.63, 3.8) is 0 Å². The minimum Gasteiger partial charge on any atom is -0.383 e. The molecule has 0 bridgehead atoms. The van der Waals surface area contributed by atoms with Crippen molar-refractivity contribution in [3.8, 4) is 0 Å². The second kappa shape index (κ2) is 9.29. The number of hydrazone groups is 1. The van der Waals surface area contributed by atoms with Crippen LogP contribution in [0.4, 0.5) is 0 Å². The van der Waals surface area contributed by atoms with Crippen LogP contribution in [0.15, 0.2) is 46.9 Å². The van der Waals surface area contributed by atoms with Crippen LogP contribution < -0.4 is 0 Å². The van der Waals surface area contributed by atoms with Crippen LogP contribution in [-0.2, 0) is 14.3 Å². The minimum absolute atomic E-state index is 0.00397. The number of rotatable bonds is 8. The van der Waals surface area contributed by atoms with Gasteiger partial charge in [-0.15, -0.1) is 11.3 Å². The van der Waals surface area contributed by atoms with Crippen LogP contribution in [0.3, 0.4) is 0 Å². The molecule has 158 valence electrons. The first-order valence-electron chi connectivity index (χ1n) is 10.0. The molecule has 0 spiro atoms. The Kier molecular flexibility index (Phi) is 6.51. The summed E-state index contributed by atoms with van der Waals surface area (Å²) in [5.41, 5.74) is 1.86. The van der Waals surface area contributed by atoms with Crippen molar-refractivity contribution in [1.29, 1.82) is 0 Å². The number of nitrogens with zero attached hydrogens (tertiary/aromatic N) is 3. The fraction of sp³-hybridized carbons (Fsp3) is 0.409. The van der Waals surface area contributed by atoms with Crippen molar-refractivity contribution in [2.45, 2.75) is 25.3 Å². The molecule has 6 nitrogen and oxygen atoms in total. The molecule has 2 heterocycles. The third-order valence-corrected chi connectivity index (χ3v) is 6.53. The Morgan fingerprint density at radius 2 is 2.03 bits per heavy atom. The number of methoxy groups -OCH3 is 1. The standard InChI is InChI=1S/C22H24ClN3O3S/c1-29-11-10-25(22(28)16-4-5-16)14-21(27)26-19(15-6-8-17(23)9-7-15)13-18(24-26)20-3-2-12-30-20/h2-3,6-9,12,16,19H,4-5,10-11,13-14H2,1H3/t19-/m1/s1. The van der Waals surface area contributed by atoms with E-state index in [1.54, 1.807) is 23.3 Å². The molecule has 1 aromatic heterocycles. The predicted molar refractivity (Wildman–Crippen MR) is 118 cm³/mol. The highest BCUT2D eigenvalue weighted by molar-refractivity contribution is 7.12. The zero-order chi connectivity index (χ0) is 21.1.